The predicted molar refractivity (Wildman–Crippen MR) is 114 cm³/mol. The van der Waals surface area contributed by atoms with Crippen LogP contribution in [-0.2, 0) is 4.79 Å². The van der Waals surface area contributed by atoms with Crippen molar-refractivity contribution < 1.29 is 9.59 Å². The van der Waals surface area contributed by atoms with Gasteiger partial charge in [0.1, 0.15) is 5.82 Å². The van der Waals surface area contributed by atoms with Gasteiger partial charge in [0, 0.05) is 37.8 Å². The van der Waals surface area contributed by atoms with E-state index >= 15 is 0 Å². The van der Waals surface area contributed by atoms with Crippen LogP contribution in [0.15, 0.2) is 48.7 Å². The number of urea groups is 1. The molecule has 0 saturated carbocycles. The molecule has 2 aliphatic rings. The number of likely N-dealkylation sites (tertiary alicyclic amines) is 1. The summed E-state index contributed by atoms with van der Waals surface area (Å²) in [6, 6.07) is 13.2. The molecule has 1 aromatic heterocycles. The zero-order chi connectivity index (χ0) is 20.1. The van der Waals surface area contributed by atoms with E-state index in [0.29, 0.717) is 25.9 Å². The molecule has 4 rings (SSSR count). The molecule has 0 aliphatic carbocycles. The molecule has 152 valence electrons. The standard InChI is InChI=1S/C22H27N5O2/c28-21(24-19-8-9-20(23-16-19)26-12-4-5-13-26)17-10-14-27(15-11-17)22(29)25-18-6-2-1-3-7-18/h1-3,6-9,16-17H,4-5,10-15H2,(H,24,28)(H,25,29). The molecule has 0 unspecified atom stereocenters. The Morgan fingerprint density at radius 2 is 1.59 bits per heavy atom. The van der Waals surface area contributed by atoms with E-state index in [1.165, 1.54) is 12.8 Å². The summed E-state index contributed by atoms with van der Waals surface area (Å²) in [5.41, 5.74) is 1.50. The van der Waals surface area contributed by atoms with E-state index in [1.807, 2.05) is 42.5 Å². The molecule has 2 N–H and O–H groups in total. The SMILES string of the molecule is O=C(Nc1ccc(N2CCCC2)nc1)C1CCN(C(=O)Nc2ccccc2)CC1. The second-order valence-corrected chi connectivity index (χ2v) is 7.65. The van der Waals surface area contributed by atoms with E-state index < -0.39 is 0 Å². The average Bonchev–Trinajstić information content (AvgIpc) is 3.30. The molecule has 0 spiro atoms. The van der Waals surface area contributed by atoms with Crippen LogP contribution in [0.4, 0.5) is 22.0 Å². The summed E-state index contributed by atoms with van der Waals surface area (Å²) in [6.45, 7) is 3.25. The lowest BCUT2D eigenvalue weighted by molar-refractivity contribution is -0.121. The fourth-order valence-corrected chi connectivity index (χ4v) is 3.91. The zero-order valence-electron chi connectivity index (χ0n) is 16.5. The van der Waals surface area contributed by atoms with Gasteiger partial charge in [0.15, 0.2) is 0 Å². The molecule has 29 heavy (non-hydrogen) atoms. The summed E-state index contributed by atoms with van der Waals surface area (Å²) in [4.78, 5) is 33.5. The molecule has 2 fully saturated rings. The second kappa shape index (κ2) is 8.94. The van der Waals surface area contributed by atoms with Crippen molar-refractivity contribution in [3.05, 3.63) is 48.7 Å². The molecular weight excluding hydrogens is 366 g/mol. The fraction of sp³-hybridized carbons (Fsp3) is 0.409. The van der Waals surface area contributed by atoms with Crippen molar-refractivity contribution in [2.75, 3.05) is 41.7 Å². The Hall–Kier alpha value is -3.09. The number of hydrogen-bond donors (Lipinski definition) is 2. The van der Waals surface area contributed by atoms with Gasteiger partial charge in [0.25, 0.3) is 0 Å². The third-order valence-electron chi connectivity index (χ3n) is 5.62. The van der Waals surface area contributed by atoms with Gasteiger partial charge in [-0.2, -0.15) is 0 Å². The highest BCUT2D eigenvalue weighted by molar-refractivity contribution is 5.93. The van der Waals surface area contributed by atoms with Crippen LogP contribution >= 0.6 is 0 Å². The number of rotatable bonds is 4. The van der Waals surface area contributed by atoms with Crippen LogP contribution in [0.3, 0.4) is 0 Å². The van der Waals surface area contributed by atoms with E-state index in [2.05, 4.69) is 20.5 Å². The summed E-state index contributed by atoms with van der Waals surface area (Å²) >= 11 is 0. The second-order valence-electron chi connectivity index (χ2n) is 7.65. The minimum atomic E-state index is -0.114. The van der Waals surface area contributed by atoms with Crippen LogP contribution in [0, 0.1) is 5.92 Å². The molecule has 1 aromatic carbocycles. The van der Waals surface area contributed by atoms with Crippen molar-refractivity contribution in [1.82, 2.24) is 9.88 Å². The Morgan fingerprint density at radius 1 is 0.862 bits per heavy atom. The van der Waals surface area contributed by atoms with Gasteiger partial charge in [-0.05, 0) is 49.9 Å². The van der Waals surface area contributed by atoms with E-state index in [1.54, 1.807) is 11.1 Å². The molecule has 2 aliphatic heterocycles. The third kappa shape index (κ3) is 4.85. The summed E-state index contributed by atoms with van der Waals surface area (Å²) in [5, 5.41) is 5.87. The van der Waals surface area contributed by atoms with Crippen molar-refractivity contribution in [3.8, 4) is 0 Å². The Bertz CT molecular complexity index is 826. The first-order chi connectivity index (χ1) is 14.2. The number of amides is 3. The Morgan fingerprint density at radius 3 is 2.24 bits per heavy atom. The number of carbonyl (C=O) groups excluding carboxylic acids is 2. The van der Waals surface area contributed by atoms with Crippen LogP contribution in [0.5, 0.6) is 0 Å². The topological polar surface area (TPSA) is 77.6 Å². The molecule has 3 amide bonds. The molecule has 0 atom stereocenters. The first kappa shape index (κ1) is 19.2. The number of nitrogens with one attached hydrogen (secondary N) is 2. The van der Waals surface area contributed by atoms with Gasteiger partial charge in [-0.15, -0.1) is 0 Å². The highest BCUT2D eigenvalue weighted by Crippen LogP contribution is 2.22. The lowest BCUT2D eigenvalue weighted by Gasteiger charge is -2.31. The van der Waals surface area contributed by atoms with Crippen LogP contribution in [0.1, 0.15) is 25.7 Å². The van der Waals surface area contributed by atoms with Gasteiger partial charge in [-0.25, -0.2) is 9.78 Å². The van der Waals surface area contributed by atoms with Gasteiger partial charge in [0.2, 0.25) is 5.91 Å². The lowest BCUT2D eigenvalue weighted by atomic mass is 9.96. The van der Waals surface area contributed by atoms with E-state index in [4.69, 9.17) is 0 Å². The van der Waals surface area contributed by atoms with Gasteiger partial charge in [0.05, 0.1) is 11.9 Å². The summed E-state index contributed by atoms with van der Waals surface area (Å²) in [6.07, 6.45) is 5.47. The van der Waals surface area contributed by atoms with Gasteiger partial charge in [-0.1, -0.05) is 18.2 Å². The first-order valence-corrected chi connectivity index (χ1v) is 10.3. The summed E-state index contributed by atoms with van der Waals surface area (Å²) in [5.74, 6) is 0.885. The largest absolute Gasteiger partial charge is 0.357 e. The number of para-hydroxylation sites is 1. The molecule has 7 nitrogen and oxygen atoms in total. The number of carbonyl (C=O) groups is 2. The molecular formula is C22H27N5O2. The average molecular weight is 393 g/mol. The van der Waals surface area contributed by atoms with Crippen molar-refractivity contribution in [2.45, 2.75) is 25.7 Å². The number of anilines is 3. The molecule has 3 heterocycles. The van der Waals surface area contributed by atoms with Gasteiger partial charge < -0.3 is 20.4 Å². The molecule has 2 aromatic rings. The monoisotopic (exact) mass is 393 g/mol. The maximum atomic E-state index is 12.6. The number of piperidine rings is 1. The minimum Gasteiger partial charge on any atom is -0.357 e. The highest BCUT2D eigenvalue weighted by atomic mass is 16.2. The van der Waals surface area contributed by atoms with Crippen LogP contribution in [-0.4, -0.2) is 48.0 Å². The van der Waals surface area contributed by atoms with Gasteiger partial charge in [-0.3, -0.25) is 4.79 Å². The predicted octanol–water partition coefficient (Wildman–Crippen LogP) is 3.56. The van der Waals surface area contributed by atoms with Crippen LogP contribution < -0.4 is 15.5 Å². The summed E-state index contributed by atoms with van der Waals surface area (Å²) in [7, 11) is 0. The maximum absolute atomic E-state index is 12.6. The number of pyridine rings is 1. The van der Waals surface area contributed by atoms with Crippen molar-refractivity contribution in [3.63, 3.8) is 0 Å². The smallest absolute Gasteiger partial charge is 0.321 e. The van der Waals surface area contributed by atoms with Gasteiger partial charge >= 0.3 is 6.03 Å². The number of nitrogens with zero attached hydrogens (tertiary/aromatic N) is 3. The van der Waals surface area contributed by atoms with E-state index in [9.17, 15) is 9.59 Å². The zero-order valence-corrected chi connectivity index (χ0v) is 16.5. The Labute approximate surface area is 171 Å². The molecule has 0 radical (unpaired) electrons. The number of benzene rings is 1. The quantitative estimate of drug-likeness (QED) is 0.833. The maximum Gasteiger partial charge on any atom is 0.321 e. The van der Waals surface area contributed by atoms with Crippen LogP contribution in [0.2, 0.25) is 0 Å². The van der Waals surface area contributed by atoms with Crippen molar-refractivity contribution in [2.24, 2.45) is 5.92 Å². The normalized spacial score (nSPS) is 17.2. The van der Waals surface area contributed by atoms with Crippen LogP contribution in [0.25, 0.3) is 0 Å². The summed E-state index contributed by atoms with van der Waals surface area (Å²) < 4.78 is 0. The Kier molecular flexibility index (Phi) is 5.93. The molecule has 7 heteroatoms. The molecule has 0 bridgehead atoms. The fourth-order valence-electron chi connectivity index (χ4n) is 3.91. The number of hydrogen-bond acceptors (Lipinski definition) is 4. The van der Waals surface area contributed by atoms with E-state index in [-0.39, 0.29) is 17.9 Å². The van der Waals surface area contributed by atoms with Crippen molar-refractivity contribution >= 4 is 29.1 Å². The highest BCUT2D eigenvalue weighted by Gasteiger charge is 2.27. The number of aromatic nitrogens is 1. The third-order valence-corrected chi connectivity index (χ3v) is 5.62. The molecule has 2 saturated heterocycles. The Balaban J connectivity index is 1.25. The van der Waals surface area contributed by atoms with E-state index in [0.717, 1.165) is 30.3 Å². The lowest BCUT2D eigenvalue weighted by Crippen LogP contribution is -2.43. The minimum absolute atomic E-state index is 0.00356. The van der Waals surface area contributed by atoms with Crippen molar-refractivity contribution in [1.29, 1.82) is 0 Å². The first-order valence-electron chi connectivity index (χ1n) is 10.3.